The van der Waals surface area contributed by atoms with Crippen molar-refractivity contribution < 1.29 is 14.3 Å². The van der Waals surface area contributed by atoms with Crippen LogP contribution >= 0.6 is 0 Å². The lowest BCUT2D eigenvalue weighted by molar-refractivity contribution is 0.0519. The summed E-state index contributed by atoms with van der Waals surface area (Å²) in [6.07, 6.45) is 0. The van der Waals surface area contributed by atoms with Crippen molar-refractivity contribution in [1.29, 1.82) is 0 Å². The highest BCUT2D eigenvalue weighted by Gasteiger charge is 2.34. The zero-order valence-electron chi connectivity index (χ0n) is 12.3. The number of nitrogens with zero attached hydrogens (tertiary/aromatic N) is 1. The summed E-state index contributed by atoms with van der Waals surface area (Å²) in [4.78, 5) is 14.3. The Morgan fingerprint density at radius 3 is 2.90 bits per heavy atom. The predicted octanol–water partition coefficient (Wildman–Crippen LogP) is 2.06. The van der Waals surface area contributed by atoms with Gasteiger partial charge in [-0.05, 0) is 32.9 Å². The van der Waals surface area contributed by atoms with Crippen LogP contribution in [0, 0.1) is 0 Å². The second-order valence-electron chi connectivity index (χ2n) is 5.48. The van der Waals surface area contributed by atoms with E-state index in [9.17, 15) is 4.79 Å². The number of para-hydroxylation sites is 1. The molecule has 0 aromatic heterocycles. The van der Waals surface area contributed by atoms with E-state index in [-0.39, 0.29) is 11.5 Å². The van der Waals surface area contributed by atoms with Gasteiger partial charge in [0.1, 0.15) is 0 Å². The molecule has 5 heteroatoms. The summed E-state index contributed by atoms with van der Waals surface area (Å²) in [6, 6.07) is 5.34. The lowest BCUT2D eigenvalue weighted by atomic mass is 9.99. The number of carbonyl (C=O) groups excluding carboxylic acids is 1. The van der Waals surface area contributed by atoms with Crippen molar-refractivity contribution in [1.82, 2.24) is 0 Å². The van der Waals surface area contributed by atoms with Crippen LogP contribution in [-0.2, 0) is 9.47 Å². The Labute approximate surface area is 119 Å². The zero-order valence-corrected chi connectivity index (χ0v) is 12.3. The fourth-order valence-corrected chi connectivity index (χ4v) is 2.51. The minimum atomic E-state index is -0.336. The number of ether oxygens (including phenoxy) is 2. The molecule has 0 spiro atoms. The summed E-state index contributed by atoms with van der Waals surface area (Å²) in [5, 5.41) is 0. The molecule has 110 valence electrons. The van der Waals surface area contributed by atoms with Gasteiger partial charge in [-0.1, -0.05) is 6.07 Å². The van der Waals surface area contributed by atoms with Gasteiger partial charge in [0.2, 0.25) is 0 Å². The first kappa shape index (κ1) is 14.7. The van der Waals surface area contributed by atoms with Gasteiger partial charge in [-0.25, -0.2) is 4.79 Å². The summed E-state index contributed by atoms with van der Waals surface area (Å²) in [5.74, 6) is -0.336. The predicted molar refractivity (Wildman–Crippen MR) is 79.1 cm³/mol. The van der Waals surface area contributed by atoms with Crippen LogP contribution in [0.15, 0.2) is 18.2 Å². The largest absolute Gasteiger partial charge is 0.462 e. The highest BCUT2D eigenvalue weighted by Crippen LogP contribution is 2.35. The van der Waals surface area contributed by atoms with E-state index in [1.54, 1.807) is 19.1 Å². The highest BCUT2D eigenvalue weighted by atomic mass is 16.5. The topological polar surface area (TPSA) is 64.8 Å². The number of nitrogens with two attached hydrogens (primary N) is 1. The molecule has 2 N–H and O–H groups in total. The third-order valence-electron chi connectivity index (χ3n) is 3.48. The quantitative estimate of drug-likeness (QED) is 0.677. The molecule has 2 rings (SSSR count). The molecule has 0 atom stereocenters. The van der Waals surface area contributed by atoms with Crippen molar-refractivity contribution in [3.63, 3.8) is 0 Å². The van der Waals surface area contributed by atoms with Crippen molar-refractivity contribution >= 4 is 17.3 Å². The number of hydrogen-bond donors (Lipinski definition) is 1. The highest BCUT2D eigenvalue weighted by molar-refractivity contribution is 5.99. The Kier molecular flexibility index (Phi) is 4.18. The molecule has 0 saturated carbocycles. The van der Waals surface area contributed by atoms with Gasteiger partial charge in [-0.2, -0.15) is 0 Å². The average Bonchev–Trinajstić information content (AvgIpc) is 2.39. The lowest BCUT2D eigenvalue weighted by Gasteiger charge is -2.44. The molecule has 20 heavy (non-hydrogen) atoms. The normalized spacial score (nSPS) is 17.9. The van der Waals surface area contributed by atoms with Crippen LogP contribution < -0.4 is 10.6 Å². The molecule has 1 fully saturated rings. The Hall–Kier alpha value is -1.75. The van der Waals surface area contributed by atoms with Crippen molar-refractivity contribution in [2.24, 2.45) is 0 Å². The number of esters is 1. The number of rotatable bonds is 3. The Morgan fingerprint density at radius 2 is 2.25 bits per heavy atom. The molecule has 1 heterocycles. The monoisotopic (exact) mass is 278 g/mol. The molecule has 0 bridgehead atoms. The molecule has 5 nitrogen and oxygen atoms in total. The van der Waals surface area contributed by atoms with Crippen LogP contribution in [0.3, 0.4) is 0 Å². The first-order valence-corrected chi connectivity index (χ1v) is 6.88. The average molecular weight is 278 g/mol. The van der Waals surface area contributed by atoms with E-state index >= 15 is 0 Å². The molecule has 1 saturated heterocycles. The van der Waals surface area contributed by atoms with Crippen LogP contribution in [-0.4, -0.2) is 37.9 Å². The van der Waals surface area contributed by atoms with Gasteiger partial charge in [-0.3, -0.25) is 0 Å². The molecule has 0 unspecified atom stereocenters. The fraction of sp³-hybridized carbons (Fsp3) is 0.533. The standard InChI is InChI=1S/C15H22N2O3/c1-4-20-14(18)11-6-5-7-12(16)13(11)17-8-9-19-10-15(17,2)3/h5-7H,4,8-10,16H2,1-3H3. The number of morpholine rings is 1. The number of hydrogen-bond acceptors (Lipinski definition) is 5. The molecule has 1 aromatic rings. The van der Waals surface area contributed by atoms with E-state index in [1.165, 1.54) is 0 Å². The van der Waals surface area contributed by atoms with E-state index in [4.69, 9.17) is 15.2 Å². The number of benzene rings is 1. The molecular weight excluding hydrogens is 256 g/mol. The van der Waals surface area contributed by atoms with Crippen LogP contribution in [0.2, 0.25) is 0 Å². The molecule has 0 aliphatic carbocycles. The van der Waals surface area contributed by atoms with E-state index in [1.807, 2.05) is 6.07 Å². The van der Waals surface area contributed by atoms with E-state index in [0.29, 0.717) is 37.6 Å². The number of carbonyl (C=O) groups is 1. The first-order valence-electron chi connectivity index (χ1n) is 6.88. The maximum Gasteiger partial charge on any atom is 0.340 e. The molecule has 0 amide bonds. The lowest BCUT2D eigenvalue weighted by Crippen LogP contribution is -2.53. The van der Waals surface area contributed by atoms with Crippen molar-refractivity contribution in [2.45, 2.75) is 26.3 Å². The Morgan fingerprint density at radius 1 is 1.50 bits per heavy atom. The van der Waals surface area contributed by atoms with Crippen LogP contribution in [0.25, 0.3) is 0 Å². The zero-order chi connectivity index (χ0) is 14.8. The van der Waals surface area contributed by atoms with Crippen molar-refractivity contribution in [3.05, 3.63) is 23.8 Å². The van der Waals surface area contributed by atoms with Crippen LogP contribution in [0.4, 0.5) is 11.4 Å². The van der Waals surface area contributed by atoms with Gasteiger partial charge in [0.05, 0.1) is 42.3 Å². The van der Waals surface area contributed by atoms with Crippen LogP contribution in [0.1, 0.15) is 31.1 Å². The van der Waals surface area contributed by atoms with E-state index in [2.05, 4.69) is 18.7 Å². The fourth-order valence-electron chi connectivity index (χ4n) is 2.51. The summed E-state index contributed by atoms with van der Waals surface area (Å²) >= 11 is 0. The minimum Gasteiger partial charge on any atom is -0.462 e. The Balaban J connectivity index is 2.46. The maximum absolute atomic E-state index is 12.1. The SMILES string of the molecule is CCOC(=O)c1cccc(N)c1N1CCOCC1(C)C. The molecule has 1 aliphatic rings. The Bertz CT molecular complexity index is 500. The second-order valence-corrected chi connectivity index (χ2v) is 5.48. The van der Waals surface area contributed by atoms with Gasteiger partial charge in [0.25, 0.3) is 0 Å². The molecule has 1 aliphatic heterocycles. The number of anilines is 2. The number of nitrogen functional groups attached to an aromatic ring is 1. The summed E-state index contributed by atoms with van der Waals surface area (Å²) < 4.78 is 10.7. The van der Waals surface area contributed by atoms with Gasteiger partial charge in [0.15, 0.2) is 0 Å². The van der Waals surface area contributed by atoms with E-state index in [0.717, 1.165) is 5.69 Å². The molecular formula is C15H22N2O3. The van der Waals surface area contributed by atoms with Crippen LogP contribution in [0.5, 0.6) is 0 Å². The smallest absolute Gasteiger partial charge is 0.340 e. The summed E-state index contributed by atoms with van der Waals surface area (Å²) in [5.41, 5.74) is 7.76. The third-order valence-corrected chi connectivity index (χ3v) is 3.48. The summed E-state index contributed by atoms with van der Waals surface area (Å²) in [6.45, 7) is 8.22. The first-order chi connectivity index (χ1) is 9.47. The maximum atomic E-state index is 12.1. The van der Waals surface area contributed by atoms with Gasteiger partial charge in [0, 0.05) is 6.54 Å². The van der Waals surface area contributed by atoms with E-state index < -0.39 is 0 Å². The van der Waals surface area contributed by atoms with Crippen molar-refractivity contribution in [3.8, 4) is 0 Å². The summed E-state index contributed by atoms with van der Waals surface area (Å²) in [7, 11) is 0. The second kappa shape index (κ2) is 5.71. The van der Waals surface area contributed by atoms with Crippen molar-refractivity contribution in [2.75, 3.05) is 37.0 Å². The van der Waals surface area contributed by atoms with Gasteiger partial charge < -0.3 is 20.1 Å². The molecule has 1 aromatic carbocycles. The third kappa shape index (κ3) is 2.72. The molecule has 0 radical (unpaired) electrons. The van der Waals surface area contributed by atoms with Gasteiger partial charge in [-0.15, -0.1) is 0 Å². The van der Waals surface area contributed by atoms with Gasteiger partial charge >= 0.3 is 5.97 Å². The minimum absolute atomic E-state index is 0.213.